The number of likely N-dealkylation sites (tertiary alicyclic amines) is 1. The van der Waals surface area contributed by atoms with Gasteiger partial charge in [0.05, 0.1) is 11.8 Å². The summed E-state index contributed by atoms with van der Waals surface area (Å²) in [5.41, 5.74) is 5.27. The molecule has 1 fully saturated rings. The van der Waals surface area contributed by atoms with E-state index in [1.165, 1.54) is 22.4 Å². The third kappa shape index (κ3) is 6.60. The van der Waals surface area contributed by atoms with Crippen molar-refractivity contribution < 1.29 is 19.2 Å². The average molecular weight is 443 g/mol. The predicted molar refractivity (Wildman–Crippen MR) is 123 cm³/mol. The van der Waals surface area contributed by atoms with Gasteiger partial charge in [0.1, 0.15) is 0 Å². The fourth-order valence-corrected chi connectivity index (χ4v) is 4.24. The van der Waals surface area contributed by atoms with Gasteiger partial charge < -0.3 is 19.6 Å². The van der Waals surface area contributed by atoms with Gasteiger partial charge in [0.15, 0.2) is 0 Å². The van der Waals surface area contributed by atoms with E-state index in [1.54, 1.807) is 0 Å². The van der Waals surface area contributed by atoms with Gasteiger partial charge in [0.2, 0.25) is 0 Å². The van der Waals surface area contributed by atoms with E-state index in [0.717, 1.165) is 26.1 Å². The summed E-state index contributed by atoms with van der Waals surface area (Å²) < 4.78 is 8.88. The molecule has 2 aromatic carbocycles. The molecular weight excluding hydrogens is 413 g/mol. The van der Waals surface area contributed by atoms with Crippen LogP contribution in [0.2, 0.25) is 0 Å². The maximum Gasteiger partial charge on any atom is 0.466 e. The minimum absolute atomic E-state index is 0.341. The van der Waals surface area contributed by atoms with Crippen molar-refractivity contribution in [3.63, 3.8) is 0 Å². The average Bonchev–Trinajstić information content (AvgIpc) is 3.06. The number of phosphoric acid groups is 1. The Hall–Kier alpha value is -2.28. The molecule has 2 heterocycles. The quantitative estimate of drug-likeness (QED) is 0.626. The van der Waals surface area contributed by atoms with Gasteiger partial charge in [-0.2, -0.15) is 5.10 Å². The Morgan fingerprint density at radius 2 is 1.65 bits per heavy atom. The Kier molecular flexibility index (Phi) is 7.81. The lowest BCUT2D eigenvalue weighted by Gasteiger charge is -2.34. The van der Waals surface area contributed by atoms with Gasteiger partial charge in [0, 0.05) is 25.6 Å². The molecular formula is C23H30N3O4P. The highest BCUT2D eigenvalue weighted by atomic mass is 31.2. The summed E-state index contributed by atoms with van der Waals surface area (Å²) in [5, 5.41) is 7.45. The van der Waals surface area contributed by atoms with Crippen molar-refractivity contribution >= 4 is 19.6 Å². The maximum atomic E-state index is 8.88. The molecule has 2 aliphatic heterocycles. The normalized spacial score (nSPS) is 22.5. The second-order valence-electron chi connectivity index (χ2n) is 7.90. The van der Waals surface area contributed by atoms with Crippen LogP contribution in [0.5, 0.6) is 0 Å². The molecule has 31 heavy (non-hydrogen) atoms. The number of benzene rings is 2. The van der Waals surface area contributed by atoms with Crippen molar-refractivity contribution in [2.45, 2.75) is 19.4 Å². The number of piperidine rings is 1. The van der Waals surface area contributed by atoms with Crippen molar-refractivity contribution in [3.8, 4) is 0 Å². The first-order valence-corrected chi connectivity index (χ1v) is 12.0. The first-order chi connectivity index (χ1) is 14.8. The lowest BCUT2D eigenvalue weighted by molar-refractivity contribution is 0.179. The lowest BCUT2D eigenvalue weighted by atomic mass is 9.83. The van der Waals surface area contributed by atoms with Gasteiger partial charge in [-0.3, -0.25) is 5.01 Å². The predicted octanol–water partition coefficient (Wildman–Crippen LogP) is 3.53. The van der Waals surface area contributed by atoms with Crippen LogP contribution >= 0.6 is 7.82 Å². The standard InChI is InChI=1S/C23H27N3.H3O4P/c1-3-14-26-23(19-12-8-5-9-13-19)21-17-25(2)16-20(22(21)24-26)15-18-10-6-4-7-11-18;1-5(2,3)4/h4-13,15,21,23H,3,14,16-17H2,1-2H3;(H3,1,2,3,4)/b20-15+;. The zero-order chi connectivity index (χ0) is 22.4. The van der Waals surface area contributed by atoms with E-state index in [-0.39, 0.29) is 0 Å². The molecule has 0 bridgehead atoms. The topological polar surface area (TPSA) is 96.6 Å². The first kappa shape index (κ1) is 23.4. The molecule has 0 aromatic heterocycles. The van der Waals surface area contributed by atoms with Crippen molar-refractivity contribution in [1.29, 1.82) is 0 Å². The van der Waals surface area contributed by atoms with Crippen LogP contribution in [0.3, 0.4) is 0 Å². The second-order valence-corrected chi connectivity index (χ2v) is 8.93. The van der Waals surface area contributed by atoms with Gasteiger partial charge in [-0.05, 0) is 36.2 Å². The van der Waals surface area contributed by atoms with Crippen LogP contribution in [0.1, 0.15) is 30.5 Å². The number of nitrogens with zero attached hydrogens (tertiary/aromatic N) is 3. The van der Waals surface area contributed by atoms with E-state index < -0.39 is 7.82 Å². The Morgan fingerprint density at radius 1 is 1.06 bits per heavy atom. The van der Waals surface area contributed by atoms with Gasteiger partial charge >= 0.3 is 7.82 Å². The number of likely N-dealkylation sites (N-methyl/N-ethyl adjacent to an activating group) is 1. The number of hydrogen-bond donors (Lipinski definition) is 3. The van der Waals surface area contributed by atoms with E-state index in [2.05, 4.69) is 90.6 Å². The van der Waals surface area contributed by atoms with E-state index in [4.69, 9.17) is 24.3 Å². The number of hydrogen-bond acceptors (Lipinski definition) is 4. The molecule has 0 saturated carbocycles. The lowest BCUT2D eigenvalue weighted by Crippen LogP contribution is -2.41. The van der Waals surface area contributed by atoms with Crippen LogP contribution in [0, 0.1) is 5.92 Å². The highest BCUT2D eigenvalue weighted by molar-refractivity contribution is 7.45. The summed E-state index contributed by atoms with van der Waals surface area (Å²) in [5.74, 6) is 0.428. The van der Waals surface area contributed by atoms with E-state index in [0.29, 0.717) is 12.0 Å². The molecule has 1 saturated heterocycles. The van der Waals surface area contributed by atoms with Crippen LogP contribution in [-0.2, 0) is 4.57 Å². The summed E-state index contributed by atoms with van der Waals surface area (Å²) in [4.78, 5) is 24.0. The molecule has 2 atom stereocenters. The van der Waals surface area contributed by atoms with Gasteiger partial charge in [-0.25, -0.2) is 4.57 Å². The molecule has 0 aliphatic carbocycles. The SMILES string of the molecule is CCCN1N=C2/C(=C/c3ccccc3)CN(C)CC2C1c1ccccc1.O=P(O)(O)O. The summed E-state index contributed by atoms with van der Waals surface area (Å²) in [6, 6.07) is 21.8. The molecule has 2 unspecified atom stereocenters. The van der Waals surface area contributed by atoms with Gasteiger partial charge in [-0.1, -0.05) is 67.6 Å². The Morgan fingerprint density at radius 3 is 2.23 bits per heavy atom. The minimum Gasteiger partial charge on any atom is -0.303 e. The summed E-state index contributed by atoms with van der Waals surface area (Å²) in [6.07, 6.45) is 3.43. The van der Waals surface area contributed by atoms with Crippen LogP contribution < -0.4 is 0 Å². The van der Waals surface area contributed by atoms with E-state index >= 15 is 0 Å². The molecule has 2 aliphatic rings. The summed E-state index contributed by atoms with van der Waals surface area (Å²) >= 11 is 0. The van der Waals surface area contributed by atoms with E-state index in [1.807, 2.05) is 0 Å². The minimum atomic E-state index is -4.64. The molecule has 0 spiro atoms. The van der Waals surface area contributed by atoms with E-state index in [9.17, 15) is 0 Å². The van der Waals surface area contributed by atoms with Crippen molar-refractivity contribution in [3.05, 3.63) is 77.4 Å². The van der Waals surface area contributed by atoms with Gasteiger partial charge in [0.25, 0.3) is 0 Å². The van der Waals surface area contributed by atoms with Crippen molar-refractivity contribution in [2.75, 3.05) is 26.7 Å². The molecule has 4 rings (SSSR count). The monoisotopic (exact) mass is 443 g/mol. The molecule has 3 N–H and O–H groups in total. The fourth-order valence-electron chi connectivity index (χ4n) is 4.24. The second kappa shape index (κ2) is 10.4. The maximum absolute atomic E-state index is 8.88. The van der Waals surface area contributed by atoms with Crippen LogP contribution in [0.25, 0.3) is 6.08 Å². The number of fused-ring (bicyclic) bond motifs is 1. The first-order valence-electron chi connectivity index (χ1n) is 10.4. The molecule has 0 radical (unpaired) electrons. The Labute approximate surface area is 183 Å². The summed E-state index contributed by atoms with van der Waals surface area (Å²) in [6.45, 7) is 5.26. The zero-order valence-electron chi connectivity index (χ0n) is 17.9. The Bertz CT molecular complexity index is 951. The number of hydrazone groups is 1. The van der Waals surface area contributed by atoms with Crippen molar-refractivity contribution in [1.82, 2.24) is 9.91 Å². The molecule has 0 amide bonds. The smallest absolute Gasteiger partial charge is 0.303 e. The third-order valence-electron chi connectivity index (χ3n) is 5.30. The van der Waals surface area contributed by atoms with Crippen LogP contribution in [0.15, 0.2) is 71.3 Å². The van der Waals surface area contributed by atoms with Gasteiger partial charge in [-0.15, -0.1) is 0 Å². The fraction of sp³-hybridized carbons (Fsp3) is 0.348. The van der Waals surface area contributed by atoms with Crippen LogP contribution in [-0.4, -0.2) is 57.0 Å². The third-order valence-corrected chi connectivity index (χ3v) is 5.30. The molecule has 166 valence electrons. The Balaban J connectivity index is 0.000000491. The number of rotatable bonds is 4. The highest BCUT2D eigenvalue weighted by Crippen LogP contribution is 2.40. The molecule has 7 nitrogen and oxygen atoms in total. The van der Waals surface area contributed by atoms with Crippen molar-refractivity contribution in [2.24, 2.45) is 11.0 Å². The molecule has 2 aromatic rings. The van der Waals surface area contributed by atoms with Crippen LogP contribution in [0.4, 0.5) is 0 Å². The highest BCUT2D eigenvalue weighted by Gasteiger charge is 2.42. The molecule has 8 heteroatoms. The zero-order valence-corrected chi connectivity index (χ0v) is 18.8. The summed E-state index contributed by atoms with van der Waals surface area (Å²) in [7, 11) is -2.42. The largest absolute Gasteiger partial charge is 0.466 e.